The van der Waals surface area contributed by atoms with Crippen LogP contribution in [0.25, 0.3) is 0 Å². The Morgan fingerprint density at radius 1 is 1.20 bits per heavy atom. The van der Waals surface area contributed by atoms with Crippen LogP contribution in [0.15, 0.2) is 33.7 Å². The fourth-order valence-electron chi connectivity index (χ4n) is 2.80. The Balaban J connectivity index is 1.71. The standard InChI is InChI=1S/C15H18F2N4O3S/c1-11-18-14(24-19-11)10-20-6-8-21(9-7-20)12-4-2-3-5-13(12)25(22,23)15(16)17/h2-5,15H,6-10H2,1H3. The Bertz CT molecular complexity index is 833. The molecular weight excluding hydrogens is 354 g/mol. The van der Waals surface area contributed by atoms with E-state index in [4.69, 9.17) is 4.52 Å². The molecule has 0 aliphatic carbocycles. The Labute approximate surface area is 144 Å². The lowest BCUT2D eigenvalue weighted by atomic mass is 10.2. The number of hydrogen-bond acceptors (Lipinski definition) is 7. The van der Waals surface area contributed by atoms with Crippen molar-refractivity contribution in [3.63, 3.8) is 0 Å². The van der Waals surface area contributed by atoms with Gasteiger partial charge in [0.15, 0.2) is 5.82 Å². The van der Waals surface area contributed by atoms with Crippen LogP contribution in [0.3, 0.4) is 0 Å². The molecule has 0 unspecified atom stereocenters. The molecule has 2 aromatic rings. The maximum atomic E-state index is 12.9. The van der Waals surface area contributed by atoms with E-state index in [-0.39, 0.29) is 4.90 Å². The molecule has 0 N–H and O–H groups in total. The fraction of sp³-hybridized carbons (Fsp3) is 0.467. The van der Waals surface area contributed by atoms with Crippen molar-refractivity contribution in [3.8, 4) is 0 Å². The first kappa shape index (κ1) is 17.7. The van der Waals surface area contributed by atoms with E-state index in [9.17, 15) is 17.2 Å². The molecule has 2 heterocycles. The van der Waals surface area contributed by atoms with E-state index in [0.29, 0.717) is 50.1 Å². The van der Waals surface area contributed by atoms with Crippen molar-refractivity contribution in [3.05, 3.63) is 36.0 Å². The smallest absolute Gasteiger partial charge is 0.341 e. The molecule has 1 saturated heterocycles. The molecule has 1 aromatic heterocycles. The molecule has 0 radical (unpaired) electrons. The first-order chi connectivity index (χ1) is 11.9. The van der Waals surface area contributed by atoms with Crippen LogP contribution in [0.5, 0.6) is 0 Å². The zero-order chi connectivity index (χ0) is 18.0. The topological polar surface area (TPSA) is 79.5 Å². The highest BCUT2D eigenvalue weighted by Crippen LogP contribution is 2.29. The zero-order valence-electron chi connectivity index (χ0n) is 13.6. The van der Waals surface area contributed by atoms with E-state index >= 15 is 0 Å². The lowest BCUT2D eigenvalue weighted by Gasteiger charge is -2.36. The maximum Gasteiger partial charge on any atom is 0.341 e. The first-order valence-corrected chi connectivity index (χ1v) is 9.30. The third-order valence-corrected chi connectivity index (χ3v) is 5.48. The van der Waals surface area contributed by atoms with Gasteiger partial charge in [-0.2, -0.15) is 13.8 Å². The van der Waals surface area contributed by atoms with Crippen molar-refractivity contribution in [2.75, 3.05) is 31.1 Å². The lowest BCUT2D eigenvalue weighted by molar-refractivity contribution is 0.215. The van der Waals surface area contributed by atoms with Gasteiger partial charge in [0, 0.05) is 26.2 Å². The quantitative estimate of drug-likeness (QED) is 0.790. The van der Waals surface area contributed by atoms with Gasteiger partial charge in [0.25, 0.3) is 0 Å². The van der Waals surface area contributed by atoms with Crippen molar-refractivity contribution in [1.29, 1.82) is 0 Å². The molecule has 1 aliphatic rings. The summed E-state index contributed by atoms with van der Waals surface area (Å²) in [5.74, 6) is -2.35. The molecule has 0 bridgehead atoms. The summed E-state index contributed by atoms with van der Waals surface area (Å²) >= 11 is 0. The van der Waals surface area contributed by atoms with E-state index in [0.717, 1.165) is 0 Å². The Morgan fingerprint density at radius 3 is 2.48 bits per heavy atom. The summed E-state index contributed by atoms with van der Waals surface area (Å²) in [5, 5.41) is 3.74. The van der Waals surface area contributed by atoms with Gasteiger partial charge in [-0.3, -0.25) is 4.90 Å². The van der Waals surface area contributed by atoms with Gasteiger partial charge in [-0.1, -0.05) is 17.3 Å². The summed E-state index contributed by atoms with van der Waals surface area (Å²) in [6.07, 6.45) is 0. The van der Waals surface area contributed by atoms with Crippen molar-refractivity contribution < 1.29 is 21.7 Å². The predicted octanol–water partition coefficient (Wildman–Crippen LogP) is 1.70. The molecule has 1 fully saturated rings. The summed E-state index contributed by atoms with van der Waals surface area (Å²) in [6, 6.07) is 5.89. The molecule has 25 heavy (non-hydrogen) atoms. The lowest BCUT2D eigenvalue weighted by Crippen LogP contribution is -2.46. The molecule has 7 nitrogen and oxygen atoms in total. The number of hydrogen-bond donors (Lipinski definition) is 0. The van der Waals surface area contributed by atoms with Crippen LogP contribution in [0.4, 0.5) is 14.5 Å². The number of piperazine rings is 1. The monoisotopic (exact) mass is 372 g/mol. The van der Waals surface area contributed by atoms with Crippen LogP contribution < -0.4 is 4.90 Å². The third-order valence-electron chi connectivity index (χ3n) is 4.05. The summed E-state index contributed by atoms with van der Waals surface area (Å²) in [6.45, 7) is 4.54. The minimum absolute atomic E-state index is 0.316. The van der Waals surface area contributed by atoms with Crippen LogP contribution in [0.2, 0.25) is 0 Å². The predicted molar refractivity (Wildman–Crippen MR) is 86.2 cm³/mol. The maximum absolute atomic E-state index is 12.9. The number of sulfone groups is 1. The second-order valence-corrected chi connectivity index (χ2v) is 7.66. The zero-order valence-corrected chi connectivity index (χ0v) is 14.4. The number of rotatable bonds is 5. The summed E-state index contributed by atoms with van der Waals surface area (Å²) < 4.78 is 54.7. The Kier molecular flexibility index (Phi) is 5.00. The number of benzene rings is 1. The van der Waals surface area contributed by atoms with E-state index in [2.05, 4.69) is 15.0 Å². The normalized spacial score (nSPS) is 16.6. The number of nitrogens with zero attached hydrogens (tertiary/aromatic N) is 4. The van der Waals surface area contributed by atoms with E-state index < -0.39 is 15.6 Å². The number of halogens is 2. The van der Waals surface area contributed by atoms with Crippen LogP contribution in [-0.2, 0) is 16.4 Å². The SMILES string of the molecule is Cc1noc(CN2CCN(c3ccccc3S(=O)(=O)C(F)F)CC2)n1. The molecule has 0 amide bonds. The van der Waals surface area contributed by atoms with E-state index in [1.54, 1.807) is 19.1 Å². The summed E-state index contributed by atoms with van der Waals surface area (Å²) in [5.41, 5.74) is 0.316. The highest BCUT2D eigenvalue weighted by atomic mass is 32.2. The highest BCUT2D eigenvalue weighted by molar-refractivity contribution is 7.91. The average molecular weight is 372 g/mol. The van der Waals surface area contributed by atoms with Crippen LogP contribution in [0.1, 0.15) is 11.7 Å². The van der Waals surface area contributed by atoms with Gasteiger partial charge in [-0.05, 0) is 19.1 Å². The molecule has 10 heteroatoms. The average Bonchev–Trinajstić information content (AvgIpc) is 3.00. The number of alkyl halides is 2. The highest BCUT2D eigenvalue weighted by Gasteiger charge is 2.31. The van der Waals surface area contributed by atoms with E-state index in [1.165, 1.54) is 12.1 Å². The number of aromatic nitrogens is 2. The third kappa shape index (κ3) is 3.79. The molecular formula is C15H18F2N4O3S. The van der Waals surface area contributed by atoms with Crippen LogP contribution >= 0.6 is 0 Å². The van der Waals surface area contributed by atoms with Gasteiger partial charge in [0.1, 0.15) is 0 Å². The van der Waals surface area contributed by atoms with Crippen molar-refractivity contribution in [2.24, 2.45) is 0 Å². The molecule has 0 atom stereocenters. The number of para-hydroxylation sites is 1. The van der Waals surface area contributed by atoms with Gasteiger partial charge in [0.05, 0.1) is 17.1 Å². The Morgan fingerprint density at radius 2 is 1.88 bits per heavy atom. The van der Waals surface area contributed by atoms with Gasteiger partial charge >= 0.3 is 5.76 Å². The summed E-state index contributed by atoms with van der Waals surface area (Å²) in [4.78, 5) is 7.73. The van der Waals surface area contributed by atoms with Crippen molar-refractivity contribution >= 4 is 15.5 Å². The van der Waals surface area contributed by atoms with Gasteiger partial charge < -0.3 is 9.42 Å². The minimum Gasteiger partial charge on any atom is -0.368 e. The minimum atomic E-state index is -4.64. The summed E-state index contributed by atoms with van der Waals surface area (Å²) in [7, 11) is -4.64. The van der Waals surface area contributed by atoms with Crippen molar-refractivity contribution in [1.82, 2.24) is 15.0 Å². The fourth-order valence-corrected chi connectivity index (χ4v) is 3.75. The van der Waals surface area contributed by atoms with E-state index in [1.807, 2.05) is 4.90 Å². The first-order valence-electron chi connectivity index (χ1n) is 7.75. The second kappa shape index (κ2) is 7.04. The Hall–Kier alpha value is -2.07. The molecule has 0 spiro atoms. The van der Waals surface area contributed by atoms with Crippen molar-refractivity contribution in [2.45, 2.75) is 24.1 Å². The molecule has 1 aromatic carbocycles. The molecule has 3 rings (SSSR count). The number of aryl methyl sites for hydroxylation is 1. The second-order valence-electron chi connectivity index (χ2n) is 5.77. The molecule has 1 aliphatic heterocycles. The largest absolute Gasteiger partial charge is 0.368 e. The molecule has 0 saturated carbocycles. The van der Waals surface area contributed by atoms with Gasteiger partial charge in [-0.15, -0.1) is 0 Å². The van der Waals surface area contributed by atoms with Gasteiger partial charge in [0.2, 0.25) is 15.7 Å². The van der Waals surface area contributed by atoms with Crippen LogP contribution in [-0.4, -0.2) is 55.4 Å². The number of anilines is 1. The van der Waals surface area contributed by atoms with Crippen LogP contribution in [0, 0.1) is 6.92 Å². The van der Waals surface area contributed by atoms with Gasteiger partial charge in [-0.25, -0.2) is 8.42 Å². The molecule has 136 valence electrons.